The quantitative estimate of drug-likeness (QED) is 0.453. The minimum Gasteiger partial charge on any atom is -0.0850 e. The second kappa shape index (κ2) is 5.95. The summed E-state index contributed by atoms with van der Waals surface area (Å²) in [6.45, 7) is 8.94. The SMILES string of the molecule is CC1=CCC(C(C)=CC=CC(C)C)CC1. The Kier molecular flexibility index (Phi) is 4.87. The van der Waals surface area contributed by atoms with Crippen molar-refractivity contribution in [2.24, 2.45) is 11.8 Å². The molecule has 0 bridgehead atoms. The maximum absolute atomic E-state index is 2.40. The van der Waals surface area contributed by atoms with Crippen LogP contribution in [0, 0.1) is 11.8 Å². The van der Waals surface area contributed by atoms with Crippen LogP contribution in [0.4, 0.5) is 0 Å². The molecule has 1 unspecified atom stereocenters. The van der Waals surface area contributed by atoms with E-state index in [2.05, 4.69) is 52.0 Å². The van der Waals surface area contributed by atoms with Gasteiger partial charge in [-0.2, -0.15) is 0 Å². The summed E-state index contributed by atoms with van der Waals surface area (Å²) in [7, 11) is 0. The third-order valence-corrected chi connectivity index (χ3v) is 3.14. The summed E-state index contributed by atoms with van der Waals surface area (Å²) < 4.78 is 0. The number of allylic oxidation sites excluding steroid dienone is 6. The molecule has 1 rings (SSSR count). The van der Waals surface area contributed by atoms with Gasteiger partial charge in [-0.25, -0.2) is 0 Å². The molecule has 0 saturated heterocycles. The van der Waals surface area contributed by atoms with E-state index < -0.39 is 0 Å². The first-order valence-electron chi connectivity index (χ1n) is 6.10. The molecule has 0 saturated carbocycles. The lowest BCUT2D eigenvalue weighted by atomic mass is 9.85. The van der Waals surface area contributed by atoms with E-state index in [1.54, 1.807) is 5.57 Å². The van der Waals surface area contributed by atoms with E-state index >= 15 is 0 Å². The van der Waals surface area contributed by atoms with Crippen LogP contribution < -0.4 is 0 Å². The van der Waals surface area contributed by atoms with Gasteiger partial charge in [-0.15, -0.1) is 0 Å². The van der Waals surface area contributed by atoms with Crippen molar-refractivity contribution in [1.29, 1.82) is 0 Å². The summed E-state index contributed by atoms with van der Waals surface area (Å²) in [6, 6.07) is 0. The monoisotopic (exact) mass is 204 g/mol. The molecule has 0 aromatic rings. The highest BCUT2D eigenvalue weighted by molar-refractivity contribution is 5.17. The molecule has 0 aromatic carbocycles. The van der Waals surface area contributed by atoms with Gasteiger partial charge >= 0.3 is 0 Å². The van der Waals surface area contributed by atoms with Gasteiger partial charge in [0.15, 0.2) is 0 Å². The molecule has 1 aliphatic rings. The van der Waals surface area contributed by atoms with Crippen LogP contribution in [0.1, 0.15) is 47.0 Å². The first kappa shape index (κ1) is 12.3. The fourth-order valence-corrected chi connectivity index (χ4v) is 1.94. The predicted octanol–water partition coefficient (Wildman–Crippen LogP) is 4.89. The maximum Gasteiger partial charge on any atom is -0.0165 e. The topological polar surface area (TPSA) is 0 Å². The maximum atomic E-state index is 2.40. The molecule has 0 N–H and O–H groups in total. The van der Waals surface area contributed by atoms with Crippen molar-refractivity contribution >= 4 is 0 Å². The van der Waals surface area contributed by atoms with Crippen molar-refractivity contribution in [3.63, 3.8) is 0 Å². The summed E-state index contributed by atoms with van der Waals surface area (Å²) in [6.07, 6.45) is 13.0. The molecular weight excluding hydrogens is 180 g/mol. The Hall–Kier alpha value is -0.780. The minimum atomic E-state index is 0.655. The van der Waals surface area contributed by atoms with Crippen LogP contribution in [-0.4, -0.2) is 0 Å². The van der Waals surface area contributed by atoms with Gasteiger partial charge in [0.2, 0.25) is 0 Å². The normalized spacial score (nSPS) is 23.7. The summed E-state index contributed by atoms with van der Waals surface area (Å²) in [5.41, 5.74) is 3.10. The Balaban J connectivity index is 2.50. The molecule has 0 aliphatic heterocycles. The first-order chi connectivity index (χ1) is 7.09. The third kappa shape index (κ3) is 4.51. The largest absolute Gasteiger partial charge is 0.0850 e. The fourth-order valence-electron chi connectivity index (χ4n) is 1.94. The number of hydrogen-bond donors (Lipinski definition) is 0. The lowest BCUT2D eigenvalue weighted by Gasteiger charge is -2.20. The Bertz CT molecular complexity index is 276. The summed E-state index contributed by atoms with van der Waals surface area (Å²) >= 11 is 0. The molecule has 15 heavy (non-hydrogen) atoms. The summed E-state index contributed by atoms with van der Waals surface area (Å²) in [5.74, 6) is 1.44. The Morgan fingerprint density at radius 2 is 2.20 bits per heavy atom. The second-order valence-electron chi connectivity index (χ2n) is 5.06. The summed E-state index contributed by atoms with van der Waals surface area (Å²) in [4.78, 5) is 0. The van der Waals surface area contributed by atoms with E-state index in [4.69, 9.17) is 0 Å². The lowest BCUT2D eigenvalue weighted by molar-refractivity contribution is 0.539. The molecule has 0 fully saturated rings. The van der Waals surface area contributed by atoms with Crippen molar-refractivity contribution in [3.8, 4) is 0 Å². The van der Waals surface area contributed by atoms with Crippen molar-refractivity contribution < 1.29 is 0 Å². The smallest absolute Gasteiger partial charge is 0.0165 e. The Morgan fingerprint density at radius 3 is 2.73 bits per heavy atom. The van der Waals surface area contributed by atoms with Crippen LogP contribution in [0.15, 0.2) is 35.5 Å². The zero-order chi connectivity index (χ0) is 11.3. The van der Waals surface area contributed by atoms with Gasteiger partial charge in [0, 0.05) is 0 Å². The number of rotatable bonds is 3. The van der Waals surface area contributed by atoms with Gasteiger partial charge in [0.1, 0.15) is 0 Å². The van der Waals surface area contributed by atoms with Crippen LogP contribution in [0.5, 0.6) is 0 Å². The average Bonchev–Trinajstić information content (AvgIpc) is 2.18. The number of hydrogen-bond acceptors (Lipinski definition) is 0. The molecule has 0 nitrogen and oxygen atoms in total. The highest BCUT2D eigenvalue weighted by atomic mass is 14.2. The highest BCUT2D eigenvalue weighted by Crippen LogP contribution is 2.28. The minimum absolute atomic E-state index is 0.655. The van der Waals surface area contributed by atoms with E-state index in [1.165, 1.54) is 24.8 Å². The standard InChI is InChI=1S/C15H24/c1-12(2)6-5-7-14(4)15-10-8-13(3)9-11-15/h5-8,12,15H,9-11H2,1-4H3. The van der Waals surface area contributed by atoms with Gasteiger partial charge in [0.25, 0.3) is 0 Å². The van der Waals surface area contributed by atoms with Crippen LogP contribution in [0.25, 0.3) is 0 Å². The molecule has 1 aliphatic carbocycles. The Morgan fingerprint density at radius 1 is 1.47 bits per heavy atom. The second-order valence-corrected chi connectivity index (χ2v) is 5.06. The van der Waals surface area contributed by atoms with Gasteiger partial charge in [0.05, 0.1) is 0 Å². The van der Waals surface area contributed by atoms with Crippen molar-refractivity contribution in [1.82, 2.24) is 0 Å². The predicted molar refractivity (Wildman–Crippen MR) is 68.8 cm³/mol. The molecule has 0 heterocycles. The average molecular weight is 204 g/mol. The molecule has 0 amide bonds. The van der Waals surface area contributed by atoms with Gasteiger partial charge < -0.3 is 0 Å². The van der Waals surface area contributed by atoms with Gasteiger partial charge in [-0.05, 0) is 44.9 Å². The molecule has 0 radical (unpaired) electrons. The lowest BCUT2D eigenvalue weighted by Crippen LogP contribution is -2.05. The van der Waals surface area contributed by atoms with E-state index in [0.717, 1.165) is 5.92 Å². The highest BCUT2D eigenvalue weighted by Gasteiger charge is 2.13. The van der Waals surface area contributed by atoms with Gasteiger partial charge in [-0.3, -0.25) is 0 Å². The molecular formula is C15H24. The molecule has 0 spiro atoms. The zero-order valence-corrected chi connectivity index (χ0v) is 10.6. The van der Waals surface area contributed by atoms with Crippen molar-refractivity contribution in [3.05, 3.63) is 35.5 Å². The molecule has 84 valence electrons. The van der Waals surface area contributed by atoms with E-state index in [-0.39, 0.29) is 0 Å². The third-order valence-electron chi connectivity index (χ3n) is 3.14. The Labute approximate surface area is 94.8 Å². The van der Waals surface area contributed by atoms with Crippen LogP contribution >= 0.6 is 0 Å². The van der Waals surface area contributed by atoms with Gasteiger partial charge in [-0.1, -0.05) is 49.3 Å². The van der Waals surface area contributed by atoms with Crippen LogP contribution in [0.3, 0.4) is 0 Å². The fraction of sp³-hybridized carbons (Fsp3) is 0.600. The van der Waals surface area contributed by atoms with Crippen LogP contribution in [0.2, 0.25) is 0 Å². The van der Waals surface area contributed by atoms with Crippen molar-refractivity contribution in [2.75, 3.05) is 0 Å². The van der Waals surface area contributed by atoms with Crippen LogP contribution in [-0.2, 0) is 0 Å². The van der Waals surface area contributed by atoms with E-state index in [9.17, 15) is 0 Å². The zero-order valence-electron chi connectivity index (χ0n) is 10.6. The molecule has 1 atom stereocenters. The van der Waals surface area contributed by atoms with Crippen molar-refractivity contribution in [2.45, 2.75) is 47.0 Å². The molecule has 0 heteroatoms. The summed E-state index contributed by atoms with van der Waals surface area (Å²) in [5, 5.41) is 0. The van der Waals surface area contributed by atoms with E-state index in [0.29, 0.717) is 5.92 Å². The van der Waals surface area contributed by atoms with E-state index in [1.807, 2.05) is 0 Å². The first-order valence-corrected chi connectivity index (χ1v) is 6.10. The molecule has 0 aromatic heterocycles.